The van der Waals surface area contributed by atoms with Crippen LogP contribution >= 0.6 is 0 Å². The summed E-state index contributed by atoms with van der Waals surface area (Å²) in [5.74, 6) is 0. The number of hydrogen-bond acceptors (Lipinski definition) is 6. The van der Waals surface area contributed by atoms with E-state index >= 15 is 0 Å². The van der Waals surface area contributed by atoms with Crippen LogP contribution in [0.1, 0.15) is 44.6 Å². The Hall–Kier alpha value is -1.86. The highest BCUT2D eigenvalue weighted by molar-refractivity contribution is 5.67. The van der Waals surface area contributed by atoms with Crippen molar-refractivity contribution in [2.75, 3.05) is 12.3 Å². The lowest BCUT2D eigenvalue weighted by molar-refractivity contribution is 0.00992. The Bertz CT molecular complexity index is 514. The molecule has 0 aromatic carbocycles. The number of aryl methyl sites for hydroxylation is 1. The second-order valence-electron chi connectivity index (χ2n) is 6.20. The van der Waals surface area contributed by atoms with Gasteiger partial charge in [-0.05, 0) is 45.7 Å². The van der Waals surface area contributed by atoms with Crippen molar-refractivity contribution in [3.8, 4) is 0 Å². The van der Waals surface area contributed by atoms with Crippen molar-refractivity contribution < 1.29 is 19.7 Å². The van der Waals surface area contributed by atoms with Crippen molar-refractivity contribution in [1.29, 1.82) is 0 Å². The Morgan fingerprint density at radius 1 is 1.45 bits per heavy atom. The number of pyridine rings is 1. The summed E-state index contributed by atoms with van der Waals surface area (Å²) >= 11 is 0. The molecule has 0 spiro atoms. The summed E-state index contributed by atoms with van der Waals surface area (Å²) in [4.78, 5) is 15.5. The summed E-state index contributed by atoms with van der Waals surface area (Å²) in [5.41, 5.74) is 6.73. The summed E-state index contributed by atoms with van der Waals surface area (Å²) < 4.78 is 5.07. The molecule has 7 nitrogen and oxygen atoms in total. The maximum Gasteiger partial charge on any atom is 0.407 e. The van der Waals surface area contributed by atoms with Gasteiger partial charge < -0.3 is 26.0 Å². The Labute approximate surface area is 130 Å². The first kappa shape index (κ1) is 18.2. The van der Waals surface area contributed by atoms with Gasteiger partial charge in [0.05, 0.1) is 23.7 Å². The van der Waals surface area contributed by atoms with Crippen LogP contribution in [0.3, 0.4) is 0 Å². The molecule has 0 aliphatic carbocycles. The minimum absolute atomic E-state index is 0.172. The van der Waals surface area contributed by atoms with E-state index in [1.807, 2.05) is 0 Å². The molecule has 1 heterocycles. The molecule has 5 N–H and O–H groups in total. The molecule has 1 amide bonds. The molecule has 22 heavy (non-hydrogen) atoms. The van der Waals surface area contributed by atoms with E-state index in [1.165, 1.54) is 6.20 Å². The van der Waals surface area contributed by atoms with Crippen molar-refractivity contribution in [2.45, 2.75) is 51.9 Å². The average Bonchev–Trinajstić information content (AvgIpc) is 2.38. The molecule has 0 aliphatic rings. The molecule has 1 aromatic heterocycles. The van der Waals surface area contributed by atoms with Gasteiger partial charge in [-0.2, -0.15) is 0 Å². The molecule has 2 atom stereocenters. The summed E-state index contributed by atoms with van der Waals surface area (Å²) in [6.07, 6.45) is -1.13. The van der Waals surface area contributed by atoms with Gasteiger partial charge in [0.1, 0.15) is 11.7 Å². The molecule has 0 fully saturated rings. The second kappa shape index (κ2) is 7.42. The number of aliphatic hydroxyl groups is 2. The standard InChI is InChI=1S/C15H25N3O4/c1-9-7-11(18-8-10(9)16)13(20)12(19)5-6-17-14(21)22-15(2,3)4/h7-8,12-13,19-20H,5-6,16H2,1-4H3,(H,17,21). The highest BCUT2D eigenvalue weighted by Gasteiger charge is 2.21. The van der Waals surface area contributed by atoms with Gasteiger partial charge in [-0.15, -0.1) is 0 Å². The number of nitrogens with two attached hydrogens (primary N) is 1. The van der Waals surface area contributed by atoms with E-state index in [9.17, 15) is 15.0 Å². The molecular formula is C15H25N3O4. The van der Waals surface area contributed by atoms with Gasteiger partial charge in [-0.1, -0.05) is 0 Å². The fraction of sp³-hybridized carbons (Fsp3) is 0.600. The zero-order valence-corrected chi connectivity index (χ0v) is 13.5. The molecule has 0 radical (unpaired) electrons. The lowest BCUT2D eigenvalue weighted by Crippen LogP contribution is -2.34. The van der Waals surface area contributed by atoms with E-state index < -0.39 is 23.9 Å². The van der Waals surface area contributed by atoms with Gasteiger partial charge >= 0.3 is 6.09 Å². The molecule has 0 saturated carbocycles. The molecule has 124 valence electrons. The average molecular weight is 311 g/mol. The van der Waals surface area contributed by atoms with Gasteiger partial charge in [0.2, 0.25) is 0 Å². The number of anilines is 1. The van der Waals surface area contributed by atoms with Crippen molar-refractivity contribution in [3.05, 3.63) is 23.5 Å². The zero-order chi connectivity index (χ0) is 16.9. The molecule has 0 aliphatic heterocycles. The Balaban J connectivity index is 2.46. The van der Waals surface area contributed by atoms with Crippen molar-refractivity contribution in [2.24, 2.45) is 0 Å². The number of carbonyl (C=O) groups excluding carboxylic acids is 1. The number of aliphatic hydroxyl groups excluding tert-OH is 2. The molecule has 1 rings (SSSR count). The first-order valence-electron chi connectivity index (χ1n) is 7.15. The third-order valence-electron chi connectivity index (χ3n) is 2.95. The number of nitrogens with one attached hydrogen (secondary N) is 1. The molecule has 0 bridgehead atoms. The fourth-order valence-corrected chi connectivity index (χ4v) is 1.74. The number of amides is 1. The van der Waals surface area contributed by atoms with Crippen LogP contribution in [0.5, 0.6) is 0 Å². The molecule has 1 aromatic rings. The van der Waals surface area contributed by atoms with Crippen LogP contribution in [0.2, 0.25) is 0 Å². The maximum atomic E-state index is 11.5. The predicted octanol–water partition coefficient (Wildman–Crippen LogP) is 1.28. The van der Waals surface area contributed by atoms with E-state index in [-0.39, 0.29) is 13.0 Å². The quantitative estimate of drug-likeness (QED) is 0.650. The van der Waals surface area contributed by atoms with Crippen LogP contribution in [0, 0.1) is 6.92 Å². The number of nitrogen functional groups attached to an aromatic ring is 1. The monoisotopic (exact) mass is 311 g/mol. The number of nitrogens with zero attached hydrogens (tertiary/aromatic N) is 1. The van der Waals surface area contributed by atoms with Gasteiger partial charge in [0.15, 0.2) is 0 Å². The van der Waals surface area contributed by atoms with Crippen LogP contribution in [0.15, 0.2) is 12.3 Å². The maximum absolute atomic E-state index is 11.5. The summed E-state index contributed by atoms with van der Waals surface area (Å²) in [7, 11) is 0. The molecule has 7 heteroatoms. The lowest BCUT2D eigenvalue weighted by atomic mass is 10.1. The lowest BCUT2D eigenvalue weighted by Gasteiger charge is -2.21. The van der Waals surface area contributed by atoms with Crippen LogP contribution in [-0.2, 0) is 4.74 Å². The number of aromatic nitrogens is 1. The Morgan fingerprint density at radius 2 is 2.09 bits per heavy atom. The van der Waals surface area contributed by atoms with Gasteiger partial charge in [-0.25, -0.2) is 4.79 Å². The number of rotatable bonds is 5. The minimum Gasteiger partial charge on any atom is -0.444 e. The Morgan fingerprint density at radius 3 is 2.64 bits per heavy atom. The molecule has 2 unspecified atom stereocenters. The highest BCUT2D eigenvalue weighted by Crippen LogP contribution is 2.20. The second-order valence-corrected chi connectivity index (χ2v) is 6.20. The zero-order valence-electron chi connectivity index (χ0n) is 13.5. The first-order chi connectivity index (χ1) is 10.1. The molecule has 0 saturated heterocycles. The van der Waals surface area contributed by atoms with Crippen molar-refractivity contribution in [3.63, 3.8) is 0 Å². The van der Waals surface area contributed by atoms with Gasteiger partial charge in [-0.3, -0.25) is 4.98 Å². The number of ether oxygens (including phenoxy) is 1. The largest absolute Gasteiger partial charge is 0.444 e. The topological polar surface area (TPSA) is 118 Å². The van der Waals surface area contributed by atoms with Gasteiger partial charge in [0, 0.05) is 6.54 Å². The van der Waals surface area contributed by atoms with Crippen molar-refractivity contribution >= 4 is 11.8 Å². The van der Waals surface area contributed by atoms with E-state index in [0.717, 1.165) is 5.56 Å². The summed E-state index contributed by atoms with van der Waals surface area (Å²) in [6.45, 7) is 7.27. The number of alkyl carbamates (subject to hydrolysis) is 1. The normalized spacial score (nSPS) is 14.3. The van der Waals surface area contributed by atoms with E-state index in [0.29, 0.717) is 11.4 Å². The molecular weight excluding hydrogens is 286 g/mol. The van der Waals surface area contributed by atoms with Gasteiger partial charge in [0.25, 0.3) is 0 Å². The number of hydrogen-bond donors (Lipinski definition) is 4. The SMILES string of the molecule is Cc1cc(C(O)C(O)CCNC(=O)OC(C)(C)C)ncc1N. The van der Waals surface area contributed by atoms with Crippen LogP contribution in [0.25, 0.3) is 0 Å². The van der Waals surface area contributed by atoms with Crippen molar-refractivity contribution in [1.82, 2.24) is 10.3 Å². The number of carbonyl (C=O) groups is 1. The first-order valence-corrected chi connectivity index (χ1v) is 7.15. The smallest absolute Gasteiger partial charge is 0.407 e. The Kier molecular flexibility index (Phi) is 6.13. The minimum atomic E-state index is -1.14. The highest BCUT2D eigenvalue weighted by atomic mass is 16.6. The van der Waals surface area contributed by atoms with E-state index in [2.05, 4.69) is 10.3 Å². The summed E-state index contributed by atoms with van der Waals surface area (Å²) in [5, 5.41) is 22.5. The predicted molar refractivity (Wildman–Crippen MR) is 83.2 cm³/mol. The third-order valence-corrected chi connectivity index (χ3v) is 2.95. The van der Waals surface area contributed by atoms with Crippen LogP contribution in [-0.4, -0.2) is 39.5 Å². The fourth-order valence-electron chi connectivity index (χ4n) is 1.74. The van der Waals surface area contributed by atoms with Crippen LogP contribution < -0.4 is 11.1 Å². The van der Waals surface area contributed by atoms with E-state index in [1.54, 1.807) is 33.8 Å². The third kappa shape index (κ3) is 5.87. The van der Waals surface area contributed by atoms with Crippen LogP contribution in [0.4, 0.5) is 10.5 Å². The van der Waals surface area contributed by atoms with E-state index in [4.69, 9.17) is 10.5 Å². The summed E-state index contributed by atoms with van der Waals surface area (Å²) in [6, 6.07) is 1.63.